The standard InChI is InChI=1S/C19H21N5O3S/c1-12-11-28-18(20-12)21-15(25)10-24-9-8-19(7-6-16(24)26)22-14-5-3-2-4-13(14)17(27)23-19/h2-5,11,22H,6-10H2,1H3,(H,23,27)(H,20,21,25)/t19-/m0/s1. The van der Waals surface area contributed by atoms with Crippen molar-refractivity contribution in [1.29, 1.82) is 0 Å². The molecular weight excluding hydrogens is 378 g/mol. The van der Waals surface area contributed by atoms with Crippen LogP contribution in [0.4, 0.5) is 10.8 Å². The van der Waals surface area contributed by atoms with Crippen LogP contribution in [0.25, 0.3) is 0 Å². The van der Waals surface area contributed by atoms with E-state index < -0.39 is 5.66 Å². The van der Waals surface area contributed by atoms with Gasteiger partial charge in [-0.2, -0.15) is 0 Å². The van der Waals surface area contributed by atoms with Crippen LogP contribution >= 0.6 is 11.3 Å². The van der Waals surface area contributed by atoms with Crippen molar-refractivity contribution in [3.05, 3.63) is 40.9 Å². The first-order valence-electron chi connectivity index (χ1n) is 9.14. The van der Waals surface area contributed by atoms with Crippen molar-refractivity contribution in [2.45, 2.75) is 31.8 Å². The van der Waals surface area contributed by atoms with E-state index in [4.69, 9.17) is 0 Å². The lowest BCUT2D eigenvalue weighted by Crippen LogP contribution is -2.58. The predicted octanol–water partition coefficient (Wildman–Crippen LogP) is 1.95. The number of carbonyl (C=O) groups is 3. The van der Waals surface area contributed by atoms with Crippen LogP contribution in [-0.2, 0) is 9.59 Å². The van der Waals surface area contributed by atoms with E-state index in [2.05, 4.69) is 20.9 Å². The average molecular weight is 399 g/mol. The third-order valence-electron chi connectivity index (χ3n) is 5.03. The van der Waals surface area contributed by atoms with E-state index in [1.165, 1.54) is 11.3 Å². The number of rotatable bonds is 3. The maximum absolute atomic E-state index is 12.6. The summed E-state index contributed by atoms with van der Waals surface area (Å²) >= 11 is 1.35. The predicted molar refractivity (Wildman–Crippen MR) is 106 cm³/mol. The van der Waals surface area contributed by atoms with Crippen LogP contribution in [0.3, 0.4) is 0 Å². The Morgan fingerprint density at radius 3 is 2.89 bits per heavy atom. The highest BCUT2D eigenvalue weighted by atomic mass is 32.1. The first-order chi connectivity index (χ1) is 13.4. The quantitative estimate of drug-likeness (QED) is 0.732. The van der Waals surface area contributed by atoms with Gasteiger partial charge in [0.25, 0.3) is 5.91 Å². The highest BCUT2D eigenvalue weighted by Crippen LogP contribution is 2.31. The topological polar surface area (TPSA) is 103 Å². The largest absolute Gasteiger partial charge is 0.362 e. The van der Waals surface area contributed by atoms with Gasteiger partial charge in [0.15, 0.2) is 5.13 Å². The number of hydrogen-bond donors (Lipinski definition) is 3. The Hall–Kier alpha value is -2.94. The van der Waals surface area contributed by atoms with Crippen molar-refractivity contribution in [1.82, 2.24) is 15.2 Å². The molecule has 1 spiro atoms. The summed E-state index contributed by atoms with van der Waals surface area (Å²) in [4.78, 5) is 43.1. The molecular formula is C19H21N5O3S. The number of nitrogens with zero attached hydrogens (tertiary/aromatic N) is 2. The third-order valence-corrected chi connectivity index (χ3v) is 5.90. The van der Waals surface area contributed by atoms with E-state index in [0.717, 1.165) is 11.4 Å². The second kappa shape index (κ2) is 7.23. The number of para-hydroxylation sites is 1. The maximum Gasteiger partial charge on any atom is 0.255 e. The lowest BCUT2D eigenvalue weighted by atomic mass is 9.95. The molecule has 3 heterocycles. The van der Waals surface area contributed by atoms with Crippen molar-refractivity contribution in [2.75, 3.05) is 23.7 Å². The molecule has 9 heteroatoms. The molecule has 1 atom stereocenters. The Labute approximate surface area is 166 Å². The first-order valence-corrected chi connectivity index (χ1v) is 10.0. The highest BCUT2D eigenvalue weighted by Gasteiger charge is 2.40. The molecule has 0 aliphatic carbocycles. The second-order valence-corrected chi connectivity index (χ2v) is 7.97. The molecule has 28 heavy (non-hydrogen) atoms. The smallest absolute Gasteiger partial charge is 0.255 e. The number of anilines is 2. The molecule has 1 fully saturated rings. The van der Waals surface area contributed by atoms with Gasteiger partial charge in [-0.05, 0) is 25.5 Å². The van der Waals surface area contributed by atoms with Crippen LogP contribution in [0, 0.1) is 6.92 Å². The fourth-order valence-electron chi connectivity index (χ4n) is 3.58. The molecule has 0 radical (unpaired) electrons. The summed E-state index contributed by atoms with van der Waals surface area (Å²) in [5.41, 5.74) is 1.52. The van der Waals surface area contributed by atoms with E-state index in [0.29, 0.717) is 30.1 Å². The minimum absolute atomic E-state index is 0.0297. The van der Waals surface area contributed by atoms with Gasteiger partial charge in [-0.25, -0.2) is 4.98 Å². The monoisotopic (exact) mass is 399 g/mol. The van der Waals surface area contributed by atoms with Gasteiger partial charge in [-0.15, -0.1) is 11.3 Å². The molecule has 0 unspecified atom stereocenters. The zero-order valence-electron chi connectivity index (χ0n) is 15.4. The van der Waals surface area contributed by atoms with E-state index >= 15 is 0 Å². The lowest BCUT2D eigenvalue weighted by molar-refractivity contribution is -0.134. The Kier molecular flexibility index (Phi) is 4.76. The molecule has 2 aromatic rings. The number of fused-ring (bicyclic) bond motifs is 1. The number of hydrogen-bond acceptors (Lipinski definition) is 6. The summed E-state index contributed by atoms with van der Waals surface area (Å²) in [6.45, 7) is 2.20. The van der Waals surface area contributed by atoms with Crippen molar-refractivity contribution >= 4 is 39.9 Å². The average Bonchev–Trinajstić information content (AvgIpc) is 3.01. The van der Waals surface area contributed by atoms with Crippen LogP contribution in [0.5, 0.6) is 0 Å². The van der Waals surface area contributed by atoms with E-state index in [1.54, 1.807) is 11.0 Å². The molecule has 3 amide bonds. The molecule has 0 bridgehead atoms. The van der Waals surface area contributed by atoms with E-state index in [-0.39, 0.29) is 30.7 Å². The molecule has 146 valence electrons. The summed E-state index contributed by atoms with van der Waals surface area (Å²) < 4.78 is 0. The number of nitrogens with one attached hydrogen (secondary N) is 3. The van der Waals surface area contributed by atoms with Crippen molar-refractivity contribution in [3.8, 4) is 0 Å². The van der Waals surface area contributed by atoms with Crippen LogP contribution in [0.1, 0.15) is 35.3 Å². The summed E-state index contributed by atoms with van der Waals surface area (Å²) in [5.74, 6) is -0.519. The van der Waals surface area contributed by atoms with Gasteiger partial charge < -0.3 is 20.9 Å². The number of aromatic nitrogens is 1. The SMILES string of the molecule is Cc1csc(NC(=O)CN2CC[C@]3(CCC2=O)NC(=O)c2ccccc2N3)n1. The van der Waals surface area contributed by atoms with E-state index in [1.807, 2.05) is 30.5 Å². The zero-order valence-corrected chi connectivity index (χ0v) is 16.3. The molecule has 0 saturated carbocycles. The molecule has 1 saturated heterocycles. The minimum atomic E-state index is -0.682. The van der Waals surface area contributed by atoms with Crippen LogP contribution in [0.2, 0.25) is 0 Å². The van der Waals surface area contributed by atoms with E-state index in [9.17, 15) is 14.4 Å². The lowest BCUT2D eigenvalue weighted by Gasteiger charge is -2.39. The molecule has 2 aliphatic heterocycles. The first kappa shape index (κ1) is 18.4. The third kappa shape index (κ3) is 3.70. The van der Waals surface area contributed by atoms with Gasteiger partial charge in [-0.1, -0.05) is 12.1 Å². The van der Waals surface area contributed by atoms with Gasteiger partial charge in [0, 0.05) is 30.5 Å². The number of carbonyl (C=O) groups excluding carboxylic acids is 3. The van der Waals surface area contributed by atoms with Crippen molar-refractivity contribution < 1.29 is 14.4 Å². The Morgan fingerprint density at radius 2 is 2.11 bits per heavy atom. The van der Waals surface area contributed by atoms with Crippen molar-refractivity contribution in [2.24, 2.45) is 0 Å². The molecule has 3 N–H and O–H groups in total. The molecule has 2 aliphatic rings. The summed E-state index contributed by atoms with van der Waals surface area (Å²) in [7, 11) is 0. The maximum atomic E-state index is 12.6. The molecule has 8 nitrogen and oxygen atoms in total. The fourth-order valence-corrected chi connectivity index (χ4v) is 4.28. The van der Waals surface area contributed by atoms with Crippen molar-refractivity contribution in [3.63, 3.8) is 0 Å². The molecule has 4 rings (SSSR count). The summed E-state index contributed by atoms with van der Waals surface area (Å²) in [6, 6.07) is 7.32. The highest BCUT2D eigenvalue weighted by molar-refractivity contribution is 7.13. The van der Waals surface area contributed by atoms with Gasteiger partial charge in [0.05, 0.1) is 17.8 Å². The number of aryl methyl sites for hydroxylation is 1. The van der Waals surface area contributed by atoms with Crippen LogP contribution in [-0.4, -0.2) is 46.4 Å². The number of likely N-dealkylation sites (tertiary alicyclic amines) is 1. The molecule has 1 aromatic heterocycles. The number of thiazole rings is 1. The number of amides is 3. The van der Waals surface area contributed by atoms with Gasteiger partial charge >= 0.3 is 0 Å². The fraction of sp³-hybridized carbons (Fsp3) is 0.368. The van der Waals surface area contributed by atoms with Crippen LogP contribution < -0.4 is 16.0 Å². The zero-order chi connectivity index (χ0) is 19.7. The normalized spacial score (nSPS) is 21.5. The van der Waals surface area contributed by atoms with Gasteiger partial charge in [-0.3, -0.25) is 14.4 Å². The Bertz CT molecular complexity index is 943. The van der Waals surface area contributed by atoms with Crippen LogP contribution in [0.15, 0.2) is 29.6 Å². The minimum Gasteiger partial charge on any atom is -0.362 e. The Morgan fingerprint density at radius 1 is 1.29 bits per heavy atom. The second-order valence-electron chi connectivity index (χ2n) is 7.11. The number of benzene rings is 1. The van der Waals surface area contributed by atoms with Gasteiger partial charge in [0.1, 0.15) is 5.66 Å². The summed E-state index contributed by atoms with van der Waals surface area (Å²) in [6.07, 6.45) is 1.23. The van der Waals surface area contributed by atoms with Gasteiger partial charge in [0.2, 0.25) is 11.8 Å². The summed E-state index contributed by atoms with van der Waals surface area (Å²) in [5, 5.41) is 11.5. The molecule has 1 aromatic carbocycles. The Balaban J connectivity index is 1.43.